The Morgan fingerprint density at radius 3 is 2.76 bits per heavy atom. The molecule has 1 aliphatic carbocycles. The molecule has 0 bridgehead atoms. The molecule has 0 aliphatic heterocycles. The van der Waals surface area contributed by atoms with Crippen molar-refractivity contribution in [2.75, 3.05) is 7.11 Å². The van der Waals surface area contributed by atoms with Crippen molar-refractivity contribution in [1.29, 1.82) is 0 Å². The number of rotatable bonds is 3. The third-order valence-corrected chi connectivity index (χ3v) is 5.72. The predicted octanol–water partition coefficient (Wildman–Crippen LogP) is 3.61. The Labute approximate surface area is 155 Å². The van der Waals surface area contributed by atoms with Gasteiger partial charge in [0.1, 0.15) is 5.75 Å². The van der Waals surface area contributed by atoms with Gasteiger partial charge in [0.25, 0.3) is 11.8 Å². The number of hydrogen-bond acceptors (Lipinski definition) is 4. The lowest BCUT2D eigenvalue weighted by Gasteiger charge is -2.16. The molecule has 25 heavy (non-hydrogen) atoms. The largest absolute Gasteiger partial charge is 0.496 e. The number of carbonyl (C=O) groups is 2. The average molecular weight is 379 g/mol. The molecular weight excluding hydrogens is 360 g/mol. The molecule has 0 spiro atoms. The normalized spacial score (nSPS) is 16.0. The zero-order valence-corrected chi connectivity index (χ0v) is 15.6. The van der Waals surface area contributed by atoms with Crippen molar-refractivity contribution in [2.45, 2.75) is 26.2 Å². The van der Waals surface area contributed by atoms with Crippen molar-refractivity contribution in [3.63, 3.8) is 0 Å². The molecule has 1 aromatic heterocycles. The summed E-state index contributed by atoms with van der Waals surface area (Å²) in [5.74, 6) is 0.230. The number of ether oxygens (including phenoxy) is 1. The first-order chi connectivity index (χ1) is 12.0. The van der Waals surface area contributed by atoms with Crippen LogP contribution in [0.25, 0.3) is 0 Å². The molecule has 2 aromatic rings. The van der Waals surface area contributed by atoms with Gasteiger partial charge in [0.05, 0.1) is 17.6 Å². The van der Waals surface area contributed by atoms with Crippen molar-refractivity contribution in [2.24, 2.45) is 5.92 Å². The van der Waals surface area contributed by atoms with E-state index in [0.717, 1.165) is 19.3 Å². The minimum Gasteiger partial charge on any atom is -0.496 e. The van der Waals surface area contributed by atoms with E-state index < -0.39 is 5.91 Å². The van der Waals surface area contributed by atoms with E-state index in [1.165, 1.54) is 35.0 Å². The quantitative estimate of drug-likeness (QED) is 0.802. The SMILES string of the molecule is COc1ccc(Cl)cc1C(=O)NNC(=O)c1cc2c(s1)CCC(C)C2. The highest BCUT2D eigenvalue weighted by molar-refractivity contribution is 7.14. The molecule has 0 saturated carbocycles. The van der Waals surface area contributed by atoms with Gasteiger partial charge < -0.3 is 4.74 Å². The van der Waals surface area contributed by atoms with Gasteiger partial charge >= 0.3 is 0 Å². The molecule has 3 rings (SSSR count). The Morgan fingerprint density at radius 1 is 1.24 bits per heavy atom. The number of fused-ring (bicyclic) bond motifs is 1. The molecule has 7 heteroatoms. The van der Waals surface area contributed by atoms with Crippen LogP contribution < -0.4 is 15.6 Å². The summed E-state index contributed by atoms with van der Waals surface area (Å²) in [5.41, 5.74) is 6.39. The minimum absolute atomic E-state index is 0.259. The second-order valence-corrected chi connectivity index (χ2v) is 7.73. The maximum Gasteiger partial charge on any atom is 0.279 e. The maximum atomic E-state index is 12.3. The molecule has 1 heterocycles. The van der Waals surface area contributed by atoms with Crippen molar-refractivity contribution in [1.82, 2.24) is 10.9 Å². The second kappa shape index (κ2) is 7.45. The molecule has 1 atom stereocenters. The Hall–Kier alpha value is -2.05. The Morgan fingerprint density at radius 2 is 2.00 bits per heavy atom. The summed E-state index contributed by atoms with van der Waals surface area (Å²) in [6, 6.07) is 6.66. The molecule has 2 amide bonds. The molecule has 0 radical (unpaired) electrons. The average Bonchev–Trinajstić information content (AvgIpc) is 3.02. The van der Waals surface area contributed by atoms with Gasteiger partial charge in [-0.05, 0) is 55.0 Å². The maximum absolute atomic E-state index is 12.3. The number of carbonyl (C=O) groups excluding carboxylic acids is 2. The van der Waals surface area contributed by atoms with Gasteiger partial charge in [-0.3, -0.25) is 20.4 Å². The number of halogens is 1. The summed E-state index contributed by atoms with van der Waals surface area (Å²) in [4.78, 5) is 26.5. The van der Waals surface area contributed by atoms with Gasteiger partial charge in [0.15, 0.2) is 0 Å². The highest BCUT2D eigenvalue weighted by atomic mass is 35.5. The molecule has 1 aromatic carbocycles. The van der Waals surface area contributed by atoms with Crippen LogP contribution in [0.1, 0.15) is 43.8 Å². The summed E-state index contributed by atoms with van der Waals surface area (Å²) in [6.45, 7) is 2.22. The lowest BCUT2D eigenvalue weighted by atomic mass is 9.90. The van der Waals surface area contributed by atoms with Crippen LogP contribution in [-0.4, -0.2) is 18.9 Å². The van der Waals surface area contributed by atoms with Crippen LogP contribution in [0.5, 0.6) is 5.75 Å². The molecule has 1 unspecified atom stereocenters. The first-order valence-corrected chi connectivity index (χ1v) is 9.23. The monoisotopic (exact) mass is 378 g/mol. The Bertz CT molecular complexity index is 819. The molecule has 0 saturated heterocycles. The van der Waals surface area contributed by atoms with Gasteiger partial charge in [0.2, 0.25) is 0 Å². The van der Waals surface area contributed by atoms with Gasteiger partial charge in [-0.25, -0.2) is 0 Å². The fourth-order valence-corrected chi connectivity index (χ4v) is 4.19. The van der Waals surface area contributed by atoms with Crippen LogP contribution in [0.3, 0.4) is 0 Å². The third-order valence-electron chi connectivity index (χ3n) is 4.25. The fraction of sp³-hybridized carbons (Fsp3) is 0.333. The first kappa shape index (κ1) is 17.8. The summed E-state index contributed by atoms with van der Waals surface area (Å²) >= 11 is 7.42. The zero-order valence-electron chi connectivity index (χ0n) is 14.0. The van der Waals surface area contributed by atoms with E-state index in [1.807, 2.05) is 6.07 Å². The topological polar surface area (TPSA) is 67.4 Å². The number of amides is 2. The second-order valence-electron chi connectivity index (χ2n) is 6.16. The number of benzene rings is 1. The van der Waals surface area contributed by atoms with E-state index in [1.54, 1.807) is 12.1 Å². The van der Waals surface area contributed by atoms with E-state index in [4.69, 9.17) is 16.3 Å². The molecule has 1 aliphatic rings. The summed E-state index contributed by atoms with van der Waals surface area (Å²) in [7, 11) is 1.47. The van der Waals surface area contributed by atoms with Crippen molar-refractivity contribution < 1.29 is 14.3 Å². The van der Waals surface area contributed by atoms with Crippen molar-refractivity contribution in [3.8, 4) is 5.75 Å². The van der Waals surface area contributed by atoms with E-state index in [9.17, 15) is 9.59 Å². The Balaban J connectivity index is 1.66. The number of hydrogen-bond donors (Lipinski definition) is 2. The van der Waals surface area contributed by atoms with Gasteiger partial charge in [-0.1, -0.05) is 18.5 Å². The summed E-state index contributed by atoms with van der Waals surface area (Å²) in [5, 5.41) is 0.414. The van der Waals surface area contributed by atoms with Crippen LogP contribution in [0.2, 0.25) is 5.02 Å². The standard InChI is InChI=1S/C18H19ClN2O3S/c1-10-3-6-15-11(7-10)8-16(25-15)18(23)21-20-17(22)13-9-12(19)4-5-14(13)24-2/h4-5,8-10H,3,6-7H2,1-2H3,(H,20,22)(H,21,23). The zero-order chi connectivity index (χ0) is 18.0. The number of aryl methyl sites for hydroxylation is 1. The number of thiophene rings is 1. The lowest BCUT2D eigenvalue weighted by Crippen LogP contribution is -2.41. The van der Waals surface area contributed by atoms with Crippen LogP contribution in [0.15, 0.2) is 24.3 Å². The van der Waals surface area contributed by atoms with Gasteiger partial charge in [0, 0.05) is 9.90 Å². The van der Waals surface area contributed by atoms with Crippen LogP contribution >= 0.6 is 22.9 Å². The predicted molar refractivity (Wildman–Crippen MR) is 98.4 cm³/mol. The molecule has 5 nitrogen and oxygen atoms in total. The van der Waals surface area contributed by atoms with Crippen molar-refractivity contribution >= 4 is 34.8 Å². The number of nitrogens with one attached hydrogen (secondary N) is 2. The molecular formula is C18H19ClN2O3S. The van der Waals surface area contributed by atoms with Crippen LogP contribution in [0, 0.1) is 5.92 Å². The highest BCUT2D eigenvalue weighted by Gasteiger charge is 2.21. The summed E-state index contributed by atoms with van der Waals surface area (Å²) in [6.07, 6.45) is 3.17. The van der Waals surface area contributed by atoms with Gasteiger partial charge in [-0.15, -0.1) is 11.3 Å². The molecule has 2 N–H and O–H groups in total. The van der Waals surface area contributed by atoms with E-state index >= 15 is 0 Å². The molecule has 132 valence electrons. The number of methoxy groups -OCH3 is 1. The van der Waals surface area contributed by atoms with Gasteiger partial charge in [-0.2, -0.15) is 0 Å². The minimum atomic E-state index is -0.484. The van der Waals surface area contributed by atoms with E-state index in [2.05, 4.69) is 17.8 Å². The van der Waals surface area contributed by atoms with Crippen LogP contribution in [0.4, 0.5) is 0 Å². The van der Waals surface area contributed by atoms with E-state index in [-0.39, 0.29) is 11.5 Å². The highest BCUT2D eigenvalue weighted by Crippen LogP contribution is 2.32. The van der Waals surface area contributed by atoms with Crippen LogP contribution in [-0.2, 0) is 12.8 Å². The smallest absolute Gasteiger partial charge is 0.279 e. The van der Waals surface area contributed by atoms with E-state index in [0.29, 0.717) is 21.6 Å². The fourth-order valence-electron chi connectivity index (χ4n) is 2.92. The summed E-state index contributed by atoms with van der Waals surface area (Å²) < 4.78 is 5.15. The number of hydrazine groups is 1. The first-order valence-electron chi connectivity index (χ1n) is 8.03. The third kappa shape index (κ3) is 3.96. The lowest BCUT2D eigenvalue weighted by molar-refractivity contribution is 0.0847. The Kier molecular flexibility index (Phi) is 5.30. The molecule has 0 fully saturated rings. The van der Waals surface area contributed by atoms with Crippen molar-refractivity contribution in [3.05, 3.63) is 50.2 Å².